The van der Waals surface area contributed by atoms with Gasteiger partial charge in [-0.2, -0.15) is 5.10 Å². The minimum atomic E-state index is -0.514. The van der Waals surface area contributed by atoms with Crippen molar-refractivity contribution < 1.29 is 4.79 Å². The molecule has 0 aromatic carbocycles. The maximum atomic E-state index is 11.4. The van der Waals surface area contributed by atoms with Crippen LogP contribution in [0.3, 0.4) is 0 Å². The molecular formula is C9H14N4O. The van der Waals surface area contributed by atoms with Crippen LogP contribution in [-0.4, -0.2) is 28.2 Å². The molecular weight excluding hydrogens is 180 g/mol. The van der Waals surface area contributed by atoms with Gasteiger partial charge in [0.2, 0.25) is 5.91 Å². The van der Waals surface area contributed by atoms with Gasteiger partial charge in [0.15, 0.2) is 0 Å². The second-order valence-corrected chi connectivity index (χ2v) is 4.06. The average molecular weight is 194 g/mol. The molecule has 14 heavy (non-hydrogen) atoms. The zero-order chi connectivity index (χ0) is 10.2. The van der Waals surface area contributed by atoms with Crippen LogP contribution in [0.2, 0.25) is 0 Å². The zero-order valence-electron chi connectivity index (χ0n) is 8.29. The summed E-state index contributed by atoms with van der Waals surface area (Å²) in [4.78, 5) is 11.4. The molecule has 0 radical (unpaired) electrons. The Labute approximate surface area is 82.3 Å². The van der Waals surface area contributed by atoms with Gasteiger partial charge in [0, 0.05) is 18.3 Å². The van der Waals surface area contributed by atoms with Crippen molar-refractivity contribution in [2.24, 2.45) is 0 Å². The summed E-state index contributed by atoms with van der Waals surface area (Å²) in [6, 6.07) is 0.140. The Hall–Kier alpha value is -1.36. The maximum Gasteiger partial charge on any atom is 0.239 e. The van der Waals surface area contributed by atoms with Crippen LogP contribution in [0.5, 0.6) is 0 Å². The molecule has 1 aromatic heterocycles. The summed E-state index contributed by atoms with van der Waals surface area (Å²) in [5.74, 6) is 0.0391. The van der Waals surface area contributed by atoms with Crippen LogP contribution >= 0.6 is 0 Å². The van der Waals surface area contributed by atoms with Crippen LogP contribution < -0.4 is 10.6 Å². The van der Waals surface area contributed by atoms with E-state index in [0.717, 1.165) is 5.56 Å². The van der Waals surface area contributed by atoms with Crippen molar-refractivity contribution in [3.63, 3.8) is 0 Å². The fourth-order valence-corrected chi connectivity index (χ4v) is 1.62. The van der Waals surface area contributed by atoms with Gasteiger partial charge < -0.3 is 5.32 Å². The number of hydrogen-bond acceptors (Lipinski definition) is 3. The molecule has 2 rings (SSSR count). The van der Waals surface area contributed by atoms with E-state index < -0.39 is 5.54 Å². The lowest BCUT2D eigenvalue weighted by Gasteiger charge is -2.35. The third-order valence-electron chi connectivity index (χ3n) is 2.49. The van der Waals surface area contributed by atoms with Crippen LogP contribution in [0.25, 0.3) is 0 Å². The fourth-order valence-electron chi connectivity index (χ4n) is 1.62. The highest BCUT2D eigenvalue weighted by Gasteiger charge is 2.35. The molecule has 1 amide bonds. The maximum absolute atomic E-state index is 11.4. The summed E-state index contributed by atoms with van der Waals surface area (Å²) in [5.41, 5.74) is 0.554. The molecule has 1 aromatic rings. The summed E-state index contributed by atoms with van der Waals surface area (Å²) in [6.45, 7) is 4.35. The minimum Gasteiger partial charge on any atom is -0.353 e. The van der Waals surface area contributed by atoms with Gasteiger partial charge >= 0.3 is 0 Å². The molecule has 5 heteroatoms. The largest absolute Gasteiger partial charge is 0.353 e. The topological polar surface area (TPSA) is 69.8 Å². The van der Waals surface area contributed by atoms with Gasteiger partial charge in [-0.3, -0.25) is 15.2 Å². The van der Waals surface area contributed by atoms with Crippen molar-refractivity contribution in [1.29, 1.82) is 0 Å². The number of aromatic amines is 1. The van der Waals surface area contributed by atoms with E-state index in [1.54, 1.807) is 6.20 Å². The average Bonchev–Trinajstić information content (AvgIpc) is 2.62. The summed E-state index contributed by atoms with van der Waals surface area (Å²) in [7, 11) is 0. The van der Waals surface area contributed by atoms with Crippen molar-refractivity contribution in [3.8, 4) is 0 Å². The number of nitrogens with zero attached hydrogens (tertiary/aromatic N) is 1. The third-order valence-corrected chi connectivity index (χ3v) is 2.49. The summed E-state index contributed by atoms with van der Waals surface area (Å²) in [6.07, 6.45) is 3.61. The van der Waals surface area contributed by atoms with Crippen LogP contribution in [0, 0.1) is 0 Å². The van der Waals surface area contributed by atoms with E-state index in [9.17, 15) is 4.79 Å². The van der Waals surface area contributed by atoms with Gasteiger partial charge in [-0.1, -0.05) is 0 Å². The molecule has 1 atom stereocenters. The van der Waals surface area contributed by atoms with Gasteiger partial charge in [-0.05, 0) is 13.8 Å². The minimum absolute atomic E-state index is 0.0391. The quantitative estimate of drug-likeness (QED) is 0.587. The first kappa shape index (κ1) is 9.21. The van der Waals surface area contributed by atoms with Crippen LogP contribution in [-0.2, 0) is 4.79 Å². The molecule has 0 aliphatic carbocycles. The normalized spacial score (nSPS) is 25.9. The number of piperazine rings is 1. The van der Waals surface area contributed by atoms with Crippen molar-refractivity contribution in [3.05, 3.63) is 18.0 Å². The predicted octanol–water partition coefficient (Wildman–Crippen LogP) is -0.0512. The van der Waals surface area contributed by atoms with Crippen molar-refractivity contribution in [1.82, 2.24) is 20.8 Å². The Balaban J connectivity index is 2.15. The first-order valence-corrected chi connectivity index (χ1v) is 4.64. The number of rotatable bonds is 1. The summed E-state index contributed by atoms with van der Waals surface area (Å²) in [5, 5.41) is 12.8. The number of carbonyl (C=O) groups is 1. The van der Waals surface area contributed by atoms with Gasteiger partial charge in [0.05, 0.1) is 17.8 Å². The van der Waals surface area contributed by atoms with Gasteiger partial charge in [-0.15, -0.1) is 0 Å². The highest BCUT2D eigenvalue weighted by molar-refractivity contribution is 5.86. The van der Waals surface area contributed by atoms with Crippen molar-refractivity contribution in [2.75, 3.05) is 6.54 Å². The van der Waals surface area contributed by atoms with Gasteiger partial charge in [0.1, 0.15) is 0 Å². The number of hydrogen-bond donors (Lipinski definition) is 3. The molecule has 0 saturated carbocycles. The van der Waals surface area contributed by atoms with E-state index in [2.05, 4.69) is 20.8 Å². The molecule has 76 valence electrons. The Morgan fingerprint density at radius 3 is 2.93 bits per heavy atom. The lowest BCUT2D eigenvalue weighted by atomic mass is 9.97. The van der Waals surface area contributed by atoms with Crippen LogP contribution in [0.4, 0.5) is 0 Å². The van der Waals surface area contributed by atoms with E-state index in [4.69, 9.17) is 0 Å². The molecule has 1 aliphatic heterocycles. The number of nitrogens with one attached hydrogen (secondary N) is 3. The highest BCUT2D eigenvalue weighted by atomic mass is 16.2. The van der Waals surface area contributed by atoms with Crippen LogP contribution in [0.15, 0.2) is 12.4 Å². The van der Waals surface area contributed by atoms with Crippen LogP contribution in [0.1, 0.15) is 25.5 Å². The van der Waals surface area contributed by atoms with E-state index in [0.29, 0.717) is 6.54 Å². The van der Waals surface area contributed by atoms with Crippen molar-refractivity contribution in [2.45, 2.75) is 25.4 Å². The monoisotopic (exact) mass is 194 g/mol. The predicted molar refractivity (Wildman–Crippen MR) is 51.6 cm³/mol. The summed E-state index contributed by atoms with van der Waals surface area (Å²) < 4.78 is 0. The van der Waals surface area contributed by atoms with Crippen molar-refractivity contribution >= 4 is 5.91 Å². The molecule has 1 saturated heterocycles. The van der Waals surface area contributed by atoms with E-state index in [-0.39, 0.29) is 11.9 Å². The fraction of sp³-hybridized carbons (Fsp3) is 0.556. The Morgan fingerprint density at radius 1 is 1.57 bits per heavy atom. The van der Waals surface area contributed by atoms with Gasteiger partial charge in [-0.25, -0.2) is 0 Å². The number of H-pyrrole nitrogens is 1. The van der Waals surface area contributed by atoms with E-state index in [1.165, 1.54) is 0 Å². The number of carbonyl (C=O) groups excluding carboxylic acids is 1. The second-order valence-electron chi connectivity index (χ2n) is 4.06. The van der Waals surface area contributed by atoms with Gasteiger partial charge in [0.25, 0.3) is 0 Å². The number of amides is 1. The molecule has 0 bridgehead atoms. The van der Waals surface area contributed by atoms with E-state index >= 15 is 0 Å². The first-order chi connectivity index (χ1) is 6.59. The zero-order valence-corrected chi connectivity index (χ0v) is 8.29. The molecule has 2 heterocycles. The lowest BCUT2D eigenvalue weighted by molar-refractivity contribution is -0.128. The Kier molecular flexibility index (Phi) is 2.03. The Morgan fingerprint density at radius 2 is 2.36 bits per heavy atom. The summed E-state index contributed by atoms with van der Waals surface area (Å²) >= 11 is 0. The SMILES string of the molecule is CC1(C)NC(c2cn[nH]c2)CNC1=O. The number of aromatic nitrogens is 2. The Bertz CT molecular complexity index is 331. The lowest BCUT2D eigenvalue weighted by Crippen LogP contribution is -2.60. The molecule has 0 spiro atoms. The molecule has 1 fully saturated rings. The molecule has 1 unspecified atom stereocenters. The second kappa shape index (κ2) is 3.09. The smallest absolute Gasteiger partial charge is 0.239 e. The third kappa shape index (κ3) is 1.50. The standard InChI is InChI=1S/C9H14N4O/c1-9(2)8(14)10-5-7(13-9)6-3-11-12-4-6/h3-4,7,13H,5H2,1-2H3,(H,10,14)(H,11,12). The molecule has 3 N–H and O–H groups in total. The highest BCUT2D eigenvalue weighted by Crippen LogP contribution is 2.18. The van der Waals surface area contributed by atoms with E-state index in [1.807, 2.05) is 20.0 Å². The molecule has 1 aliphatic rings. The first-order valence-electron chi connectivity index (χ1n) is 4.64. The molecule has 5 nitrogen and oxygen atoms in total.